The Morgan fingerprint density at radius 2 is 2.29 bits per heavy atom. The average Bonchev–Trinajstić information content (AvgIpc) is 2.70. The third-order valence-corrected chi connectivity index (χ3v) is 6.92. The molecule has 1 aliphatic rings. The van der Waals surface area contributed by atoms with E-state index >= 15 is 0 Å². The zero-order chi connectivity index (χ0) is 12.6. The molecule has 0 aromatic carbocycles. The number of thioether (sulfide) groups is 1. The number of aryl methyl sites for hydroxylation is 1. The van der Waals surface area contributed by atoms with Crippen LogP contribution in [-0.2, 0) is 9.84 Å². The van der Waals surface area contributed by atoms with Crippen LogP contribution in [0, 0.1) is 6.92 Å². The number of hydrogen-bond acceptors (Lipinski definition) is 6. The summed E-state index contributed by atoms with van der Waals surface area (Å²) >= 11 is 2.48. The van der Waals surface area contributed by atoms with Crippen molar-refractivity contribution in [1.29, 1.82) is 0 Å². The molecule has 0 spiro atoms. The van der Waals surface area contributed by atoms with Gasteiger partial charge in [-0.1, -0.05) is 11.8 Å². The topological polar surface area (TPSA) is 84.3 Å². The zero-order valence-electron chi connectivity index (χ0n) is 9.04. The molecule has 0 amide bonds. The van der Waals surface area contributed by atoms with Gasteiger partial charge in [-0.15, -0.1) is 11.3 Å². The number of thiazole rings is 1. The van der Waals surface area contributed by atoms with Crippen LogP contribution >= 0.6 is 23.1 Å². The van der Waals surface area contributed by atoms with Gasteiger partial charge < -0.3 is 5.11 Å². The number of carboxylic acids is 1. The molecule has 94 valence electrons. The first-order chi connectivity index (χ1) is 7.87. The molecule has 0 saturated carbocycles. The Balaban J connectivity index is 2.10. The highest BCUT2D eigenvalue weighted by Crippen LogP contribution is 2.34. The van der Waals surface area contributed by atoms with E-state index in [1.54, 1.807) is 6.92 Å². The van der Waals surface area contributed by atoms with Crippen LogP contribution in [0.1, 0.15) is 21.8 Å². The van der Waals surface area contributed by atoms with Gasteiger partial charge in [-0.3, -0.25) is 0 Å². The van der Waals surface area contributed by atoms with E-state index in [9.17, 15) is 13.2 Å². The molecule has 1 aromatic heterocycles. The van der Waals surface area contributed by atoms with E-state index in [1.165, 1.54) is 11.8 Å². The minimum atomic E-state index is -2.90. The fourth-order valence-corrected chi connectivity index (χ4v) is 6.40. The van der Waals surface area contributed by atoms with Gasteiger partial charge in [0, 0.05) is 5.25 Å². The molecule has 0 bridgehead atoms. The Morgan fingerprint density at radius 3 is 2.76 bits per heavy atom. The number of nitrogens with zero attached hydrogens (tertiary/aromatic N) is 1. The Morgan fingerprint density at radius 1 is 1.59 bits per heavy atom. The lowest BCUT2D eigenvalue weighted by atomic mass is 10.4. The van der Waals surface area contributed by atoms with Gasteiger partial charge in [0.25, 0.3) is 0 Å². The predicted octanol–water partition coefficient (Wildman–Crippen LogP) is 1.43. The SMILES string of the molecule is Cc1nc(SC2CCS(=O)(=O)C2)sc1C(=O)O. The number of sulfone groups is 1. The monoisotopic (exact) mass is 293 g/mol. The maximum atomic E-state index is 11.3. The first-order valence-corrected chi connectivity index (χ1v) is 8.47. The van der Waals surface area contributed by atoms with Gasteiger partial charge in [-0.2, -0.15) is 0 Å². The maximum Gasteiger partial charge on any atom is 0.347 e. The quantitative estimate of drug-likeness (QED) is 0.907. The molecule has 1 atom stereocenters. The van der Waals surface area contributed by atoms with Crippen LogP contribution in [0.15, 0.2) is 4.34 Å². The lowest BCUT2D eigenvalue weighted by molar-refractivity contribution is 0.0701. The van der Waals surface area contributed by atoms with Crippen LogP contribution in [0.5, 0.6) is 0 Å². The van der Waals surface area contributed by atoms with Gasteiger partial charge >= 0.3 is 5.97 Å². The fraction of sp³-hybridized carbons (Fsp3) is 0.556. The van der Waals surface area contributed by atoms with E-state index in [0.29, 0.717) is 16.5 Å². The smallest absolute Gasteiger partial charge is 0.347 e. The average molecular weight is 293 g/mol. The molecule has 1 aromatic rings. The number of carboxylic acid groups (broad SMARTS) is 1. The van der Waals surface area contributed by atoms with Crippen molar-refractivity contribution in [2.24, 2.45) is 0 Å². The Bertz CT molecular complexity index is 549. The van der Waals surface area contributed by atoms with Crippen LogP contribution in [0.3, 0.4) is 0 Å². The van der Waals surface area contributed by atoms with Crippen molar-refractivity contribution in [3.05, 3.63) is 10.6 Å². The van der Waals surface area contributed by atoms with Crippen molar-refractivity contribution in [3.63, 3.8) is 0 Å². The van der Waals surface area contributed by atoms with Gasteiger partial charge in [0.2, 0.25) is 0 Å². The van der Waals surface area contributed by atoms with Crippen molar-refractivity contribution in [1.82, 2.24) is 4.98 Å². The first kappa shape index (κ1) is 12.8. The minimum Gasteiger partial charge on any atom is -0.477 e. The van der Waals surface area contributed by atoms with E-state index in [0.717, 1.165) is 11.3 Å². The molecule has 0 aliphatic carbocycles. The Labute approximate surface area is 107 Å². The summed E-state index contributed by atoms with van der Waals surface area (Å²) in [6.45, 7) is 1.65. The highest BCUT2D eigenvalue weighted by atomic mass is 32.2. The summed E-state index contributed by atoms with van der Waals surface area (Å²) < 4.78 is 23.2. The van der Waals surface area contributed by atoms with E-state index in [1.807, 2.05) is 0 Å². The Kier molecular flexibility index (Phi) is 3.46. The molecular weight excluding hydrogens is 282 g/mol. The van der Waals surface area contributed by atoms with Gasteiger partial charge in [-0.05, 0) is 13.3 Å². The highest BCUT2D eigenvalue weighted by molar-refractivity contribution is 8.03. The molecule has 1 fully saturated rings. The minimum absolute atomic E-state index is 0.00666. The molecule has 1 aliphatic heterocycles. The molecule has 2 rings (SSSR count). The summed E-state index contributed by atoms with van der Waals surface area (Å²) in [5.41, 5.74) is 0.492. The van der Waals surface area contributed by atoms with Gasteiger partial charge in [0.1, 0.15) is 4.88 Å². The number of rotatable bonds is 3. The van der Waals surface area contributed by atoms with E-state index < -0.39 is 15.8 Å². The summed E-state index contributed by atoms with van der Waals surface area (Å²) in [6, 6.07) is 0. The van der Waals surface area contributed by atoms with Gasteiger partial charge in [0.15, 0.2) is 14.2 Å². The van der Waals surface area contributed by atoms with E-state index in [2.05, 4.69) is 4.98 Å². The van der Waals surface area contributed by atoms with Crippen molar-refractivity contribution in [3.8, 4) is 0 Å². The third-order valence-electron chi connectivity index (χ3n) is 2.43. The van der Waals surface area contributed by atoms with Crippen molar-refractivity contribution in [2.75, 3.05) is 11.5 Å². The molecule has 5 nitrogen and oxygen atoms in total. The molecule has 2 heterocycles. The van der Waals surface area contributed by atoms with Gasteiger partial charge in [0.05, 0.1) is 17.2 Å². The van der Waals surface area contributed by atoms with Gasteiger partial charge in [-0.25, -0.2) is 18.2 Å². The summed E-state index contributed by atoms with van der Waals surface area (Å²) in [4.78, 5) is 15.2. The number of aromatic nitrogens is 1. The second kappa shape index (κ2) is 4.58. The van der Waals surface area contributed by atoms with Crippen molar-refractivity contribution < 1.29 is 18.3 Å². The summed E-state index contributed by atoms with van der Waals surface area (Å²) in [5.74, 6) is -0.592. The second-order valence-corrected chi connectivity index (χ2v) is 8.62. The van der Waals surface area contributed by atoms with Crippen LogP contribution in [0.25, 0.3) is 0 Å². The molecule has 0 radical (unpaired) electrons. The van der Waals surface area contributed by atoms with Crippen LogP contribution < -0.4 is 0 Å². The predicted molar refractivity (Wildman–Crippen MR) is 66.7 cm³/mol. The lowest BCUT2D eigenvalue weighted by Gasteiger charge is -2.02. The standard InChI is InChI=1S/C9H11NO4S3/c1-5-7(8(11)12)16-9(10-5)15-6-2-3-17(13,14)4-6/h6H,2-4H2,1H3,(H,11,12). The summed E-state index contributed by atoms with van der Waals surface area (Å²) in [5, 5.41) is 8.89. The number of aromatic carboxylic acids is 1. The summed E-state index contributed by atoms with van der Waals surface area (Å²) in [6.07, 6.45) is 0.619. The Hall–Kier alpha value is -0.600. The van der Waals surface area contributed by atoms with Crippen molar-refractivity contribution in [2.45, 2.75) is 22.9 Å². The van der Waals surface area contributed by atoms with E-state index in [4.69, 9.17) is 5.11 Å². The third kappa shape index (κ3) is 2.99. The molecule has 1 N–H and O–H groups in total. The number of carbonyl (C=O) groups is 1. The molecule has 1 saturated heterocycles. The second-order valence-electron chi connectivity index (χ2n) is 3.84. The van der Waals surface area contributed by atoms with Crippen LogP contribution in [0.2, 0.25) is 0 Å². The van der Waals surface area contributed by atoms with Crippen molar-refractivity contribution >= 4 is 38.9 Å². The number of hydrogen-bond donors (Lipinski definition) is 1. The molecule has 1 unspecified atom stereocenters. The maximum absolute atomic E-state index is 11.3. The highest BCUT2D eigenvalue weighted by Gasteiger charge is 2.29. The van der Waals surface area contributed by atoms with E-state index in [-0.39, 0.29) is 21.6 Å². The largest absolute Gasteiger partial charge is 0.477 e. The molecular formula is C9H11NO4S3. The van der Waals surface area contributed by atoms with Crippen LogP contribution in [-0.4, -0.2) is 41.2 Å². The lowest BCUT2D eigenvalue weighted by Crippen LogP contribution is -2.05. The molecule has 8 heteroatoms. The van der Waals surface area contributed by atoms with Crippen LogP contribution in [0.4, 0.5) is 0 Å². The normalized spacial score (nSPS) is 22.8. The fourth-order valence-electron chi connectivity index (χ4n) is 1.62. The summed E-state index contributed by atoms with van der Waals surface area (Å²) in [7, 11) is -2.90. The zero-order valence-corrected chi connectivity index (χ0v) is 11.5. The first-order valence-electron chi connectivity index (χ1n) is 4.95. The molecule has 17 heavy (non-hydrogen) atoms.